The Hall–Kier alpha value is -3.69. The average Bonchev–Trinajstić information content (AvgIpc) is 3.30. The molecule has 6 nitrogen and oxygen atoms in total. The van der Waals surface area contributed by atoms with E-state index in [1.165, 1.54) is 0 Å². The highest BCUT2D eigenvalue weighted by Crippen LogP contribution is 2.38. The molecule has 2 heterocycles. The molecule has 0 fully saturated rings. The third kappa shape index (κ3) is 6.26. The first-order chi connectivity index (χ1) is 17.1. The van der Waals surface area contributed by atoms with Crippen molar-refractivity contribution in [1.29, 1.82) is 10.5 Å². The second-order valence-electron chi connectivity index (χ2n) is 7.65. The summed E-state index contributed by atoms with van der Waals surface area (Å²) in [4.78, 5) is 19.0. The number of hydrogen-bond donors (Lipinski definition) is 0. The van der Waals surface area contributed by atoms with E-state index in [4.69, 9.17) is 14.7 Å². The van der Waals surface area contributed by atoms with E-state index in [1.54, 1.807) is 66.7 Å². The molecule has 0 aliphatic carbocycles. The number of Topliss-reactive ketones (excluding diaryl/α,β-unsaturated/α-hetero) is 1. The van der Waals surface area contributed by atoms with E-state index in [1.807, 2.05) is 24.3 Å². The second-order valence-corrected chi connectivity index (χ2v) is 10.2. The number of thiophene rings is 1. The fourth-order valence-corrected chi connectivity index (χ4v) is 5.81. The van der Waals surface area contributed by atoms with Crippen molar-refractivity contribution in [2.45, 2.75) is 21.9 Å². The van der Waals surface area contributed by atoms with E-state index in [2.05, 4.69) is 17.1 Å². The van der Waals surface area contributed by atoms with Gasteiger partial charge in [0.2, 0.25) is 0 Å². The van der Waals surface area contributed by atoms with E-state index in [0.29, 0.717) is 42.9 Å². The highest BCUT2D eigenvalue weighted by Gasteiger charge is 2.13. The van der Waals surface area contributed by atoms with Gasteiger partial charge in [0.15, 0.2) is 0 Å². The van der Waals surface area contributed by atoms with Gasteiger partial charge in [0.1, 0.15) is 24.2 Å². The van der Waals surface area contributed by atoms with E-state index in [9.17, 15) is 10.1 Å². The minimum atomic E-state index is 0.104. The van der Waals surface area contributed by atoms with Gasteiger partial charge < -0.3 is 9.47 Å². The zero-order valence-electron chi connectivity index (χ0n) is 19.0. The van der Waals surface area contributed by atoms with Crippen molar-refractivity contribution in [2.75, 3.05) is 20.3 Å². The molecule has 0 unspecified atom stereocenters. The Labute approximate surface area is 211 Å². The molecule has 4 rings (SSSR count). The Balaban J connectivity index is 1.48. The van der Waals surface area contributed by atoms with E-state index >= 15 is 0 Å². The van der Waals surface area contributed by atoms with Crippen molar-refractivity contribution in [3.05, 3.63) is 82.4 Å². The second kappa shape index (κ2) is 11.6. The summed E-state index contributed by atoms with van der Waals surface area (Å²) in [6, 6.07) is 21.0. The van der Waals surface area contributed by atoms with Crippen LogP contribution in [0, 0.1) is 22.7 Å². The molecule has 2 aromatic carbocycles. The number of hydrogen-bond acceptors (Lipinski definition) is 8. The Morgan fingerprint density at radius 2 is 1.94 bits per heavy atom. The predicted molar refractivity (Wildman–Crippen MR) is 136 cm³/mol. The van der Waals surface area contributed by atoms with E-state index < -0.39 is 0 Å². The van der Waals surface area contributed by atoms with Gasteiger partial charge in [-0.15, -0.1) is 11.3 Å². The summed E-state index contributed by atoms with van der Waals surface area (Å²) in [5.74, 6) is 0.594. The topological polar surface area (TPSA) is 96.0 Å². The quantitative estimate of drug-likeness (QED) is 0.263. The zero-order valence-corrected chi connectivity index (χ0v) is 20.6. The Morgan fingerprint density at radius 3 is 2.74 bits per heavy atom. The molecule has 0 saturated heterocycles. The Kier molecular flexibility index (Phi) is 8.12. The minimum absolute atomic E-state index is 0.104. The van der Waals surface area contributed by atoms with Gasteiger partial charge in [-0.1, -0.05) is 23.9 Å². The van der Waals surface area contributed by atoms with Crippen LogP contribution in [0.4, 0.5) is 0 Å². The number of ether oxygens (including phenoxy) is 2. The van der Waals surface area contributed by atoms with Crippen LogP contribution in [0.2, 0.25) is 0 Å². The number of benzene rings is 2. The molecule has 35 heavy (non-hydrogen) atoms. The SMILES string of the molecule is COCCOc1cc2nccc(Sc3ccc(CC(=O)Cc4cccc(C#N)c4)s3)c2cc1C#N. The minimum Gasteiger partial charge on any atom is -0.490 e. The Morgan fingerprint density at radius 1 is 1.06 bits per heavy atom. The number of carbonyl (C=O) groups excluding carboxylic acids is 1. The molecule has 0 atom stereocenters. The fourth-order valence-electron chi connectivity index (χ4n) is 3.53. The molecule has 0 spiro atoms. The van der Waals surface area contributed by atoms with Gasteiger partial charge in [-0.25, -0.2) is 0 Å². The van der Waals surface area contributed by atoms with Crippen LogP contribution in [-0.4, -0.2) is 31.1 Å². The first-order valence-electron chi connectivity index (χ1n) is 10.8. The number of carbonyl (C=O) groups is 1. The van der Waals surface area contributed by atoms with Crippen LogP contribution >= 0.6 is 23.1 Å². The van der Waals surface area contributed by atoms with Crippen LogP contribution < -0.4 is 4.74 Å². The molecule has 4 aromatic rings. The lowest BCUT2D eigenvalue weighted by Gasteiger charge is -2.10. The summed E-state index contributed by atoms with van der Waals surface area (Å²) in [5, 5.41) is 19.5. The van der Waals surface area contributed by atoms with E-state index in [0.717, 1.165) is 30.4 Å². The monoisotopic (exact) mass is 499 g/mol. The molecule has 8 heteroatoms. The van der Waals surface area contributed by atoms with Gasteiger partial charge >= 0.3 is 0 Å². The summed E-state index contributed by atoms with van der Waals surface area (Å²) in [6.45, 7) is 0.785. The maximum absolute atomic E-state index is 12.6. The molecule has 0 bridgehead atoms. The predicted octanol–water partition coefficient (Wildman–Crippen LogP) is 5.57. The van der Waals surface area contributed by atoms with Crippen molar-refractivity contribution in [1.82, 2.24) is 4.98 Å². The van der Waals surface area contributed by atoms with Gasteiger partial charge in [0, 0.05) is 47.4 Å². The summed E-state index contributed by atoms with van der Waals surface area (Å²) in [6.07, 6.45) is 2.39. The first kappa shape index (κ1) is 24.4. The maximum atomic E-state index is 12.6. The maximum Gasteiger partial charge on any atom is 0.142 e. The van der Waals surface area contributed by atoms with Crippen LogP contribution in [0.1, 0.15) is 21.6 Å². The highest BCUT2D eigenvalue weighted by molar-refractivity contribution is 8.01. The number of nitrogens with zero attached hydrogens (tertiary/aromatic N) is 3. The number of aromatic nitrogens is 1. The number of ketones is 1. The molecule has 0 N–H and O–H groups in total. The van der Waals surface area contributed by atoms with Crippen molar-refractivity contribution in [2.24, 2.45) is 0 Å². The van der Waals surface area contributed by atoms with Gasteiger partial charge in [-0.3, -0.25) is 9.78 Å². The van der Waals surface area contributed by atoms with Crippen LogP contribution in [0.15, 0.2) is 69.9 Å². The number of rotatable bonds is 10. The molecule has 2 aromatic heterocycles. The summed E-state index contributed by atoms with van der Waals surface area (Å²) < 4.78 is 11.8. The summed E-state index contributed by atoms with van der Waals surface area (Å²) >= 11 is 3.16. The fraction of sp³-hybridized carbons (Fsp3) is 0.185. The lowest BCUT2D eigenvalue weighted by Crippen LogP contribution is -2.05. The van der Waals surface area contributed by atoms with Crippen molar-refractivity contribution >= 4 is 39.8 Å². The number of pyridine rings is 1. The lowest BCUT2D eigenvalue weighted by molar-refractivity contribution is -0.117. The molecule has 0 radical (unpaired) electrons. The molecule has 0 saturated carbocycles. The standard InChI is InChI=1S/C27H21N3O3S2/c1-32-9-10-33-25-15-24-23(13-20(25)17-29)26(7-8-30-24)35-27-6-5-22(34-27)14-21(31)12-18-3-2-4-19(11-18)16-28/h2-8,11,13,15H,9-10,12,14H2,1H3. The van der Waals surface area contributed by atoms with Gasteiger partial charge in [-0.2, -0.15) is 10.5 Å². The van der Waals surface area contributed by atoms with Crippen molar-refractivity contribution in [3.63, 3.8) is 0 Å². The number of nitriles is 2. The lowest BCUT2D eigenvalue weighted by atomic mass is 10.0. The van der Waals surface area contributed by atoms with Crippen LogP contribution in [0.5, 0.6) is 5.75 Å². The summed E-state index contributed by atoms with van der Waals surface area (Å²) in [7, 11) is 1.60. The number of methoxy groups -OCH3 is 1. The molecule has 174 valence electrons. The normalized spacial score (nSPS) is 10.6. The molecular weight excluding hydrogens is 478 g/mol. The zero-order chi connectivity index (χ0) is 24.6. The summed E-state index contributed by atoms with van der Waals surface area (Å²) in [5.41, 5.74) is 2.60. The first-order valence-corrected chi connectivity index (χ1v) is 12.4. The average molecular weight is 500 g/mol. The van der Waals surface area contributed by atoms with Gasteiger partial charge in [0.25, 0.3) is 0 Å². The van der Waals surface area contributed by atoms with Gasteiger partial charge in [0.05, 0.1) is 33.5 Å². The third-order valence-corrected chi connectivity index (χ3v) is 7.44. The van der Waals surface area contributed by atoms with E-state index in [-0.39, 0.29) is 5.78 Å². The van der Waals surface area contributed by atoms with Crippen LogP contribution in [-0.2, 0) is 22.4 Å². The molecule has 0 aliphatic rings. The molecule has 0 aliphatic heterocycles. The third-order valence-electron chi connectivity index (χ3n) is 5.14. The largest absolute Gasteiger partial charge is 0.490 e. The number of fused-ring (bicyclic) bond motifs is 1. The van der Waals surface area contributed by atoms with Crippen LogP contribution in [0.25, 0.3) is 10.9 Å². The Bertz CT molecular complexity index is 1450. The molecule has 0 amide bonds. The van der Waals surface area contributed by atoms with Gasteiger partial charge in [-0.05, 0) is 42.0 Å². The highest BCUT2D eigenvalue weighted by atomic mass is 32.2. The van der Waals surface area contributed by atoms with Crippen molar-refractivity contribution in [3.8, 4) is 17.9 Å². The van der Waals surface area contributed by atoms with Crippen molar-refractivity contribution < 1.29 is 14.3 Å². The van der Waals surface area contributed by atoms with Crippen LogP contribution in [0.3, 0.4) is 0 Å². The molecular formula is C27H21N3O3S2. The smallest absolute Gasteiger partial charge is 0.142 e.